The molecule has 35 heavy (non-hydrogen) atoms. The first-order valence-corrected chi connectivity index (χ1v) is 12.7. The summed E-state index contributed by atoms with van der Waals surface area (Å²) in [7, 11) is 1.79. The number of anilines is 1. The van der Waals surface area contributed by atoms with Crippen molar-refractivity contribution in [3.05, 3.63) is 60.2 Å². The Morgan fingerprint density at radius 2 is 1.80 bits per heavy atom. The maximum absolute atomic E-state index is 12.9. The van der Waals surface area contributed by atoms with Crippen LogP contribution in [-0.2, 0) is 16.1 Å². The van der Waals surface area contributed by atoms with Crippen LogP contribution in [0.2, 0.25) is 0 Å². The molecule has 5 rings (SSSR count). The predicted octanol–water partition coefficient (Wildman–Crippen LogP) is 2.55. The van der Waals surface area contributed by atoms with Gasteiger partial charge in [0, 0.05) is 20.1 Å². The monoisotopic (exact) mass is 495 g/mol. The number of nitrogens with zero attached hydrogens (tertiary/aromatic N) is 5. The minimum atomic E-state index is -0.210. The maximum atomic E-state index is 12.9. The molecule has 184 valence electrons. The van der Waals surface area contributed by atoms with Gasteiger partial charge in [-0.25, -0.2) is 0 Å². The second kappa shape index (κ2) is 11.0. The molecule has 2 aromatic carbocycles. The van der Waals surface area contributed by atoms with Gasteiger partial charge in [-0.05, 0) is 17.7 Å². The van der Waals surface area contributed by atoms with Crippen molar-refractivity contribution in [3.63, 3.8) is 0 Å². The SMILES string of the molecule is CN(CC1COc2ccccc2O1)C(=O)CSc1nnc(N2CCOCC2)n1Cc1ccccc1. The van der Waals surface area contributed by atoms with Gasteiger partial charge in [-0.1, -0.05) is 54.2 Å². The van der Waals surface area contributed by atoms with Crippen molar-refractivity contribution in [2.75, 3.05) is 57.2 Å². The lowest BCUT2D eigenvalue weighted by molar-refractivity contribution is -0.128. The van der Waals surface area contributed by atoms with Gasteiger partial charge in [0.15, 0.2) is 22.8 Å². The molecule has 2 aliphatic rings. The molecule has 3 aromatic rings. The predicted molar refractivity (Wildman–Crippen MR) is 133 cm³/mol. The van der Waals surface area contributed by atoms with Crippen LogP contribution in [0.4, 0.5) is 5.95 Å². The number of carbonyl (C=O) groups is 1. The van der Waals surface area contributed by atoms with E-state index in [-0.39, 0.29) is 17.8 Å². The summed E-state index contributed by atoms with van der Waals surface area (Å²) in [6.45, 7) is 4.37. The van der Waals surface area contributed by atoms with Gasteiger partial charge in [0.05, 0.1) is 32.1 Å². The van der Waals surface area contributed by atoms with E-state index in [0.29, 0.717) is 38.7 Å². The zero-order chi connectivity index (χ0) is 24.0. The number of thioether (sulfide) groups is 1. The molecule has 9 nitrogen and oxygen atoms in total. The number of hydrogen-bond acceptors (Lipinski definition) is 8. The Bertz CT molecular complexity index is 1140. The molecule has 0 radical (unpaired) electrons. The van der Waals surface area contributed by atoms with E-state index >= 15 is 0 Å². The standard InChI is InChI=1S/C25H29N5O4S/c1-28(16-20-17-33-21-9-5-6-10-22(21)34-20)23(31)18-35-25-27-26-24(29-11-13-32-14-12-29)30(25)15-19-7-3-2-4-8-19/h2-10,20H,11-18H2,1H3. The average molecular weight is 496 g/mol. The fourth-order valence-corrected chi connectivity index (χ4v) is 4.96. The number of likely N-dealkylation sites (N-methyl/N-ethyl adjacent to an activating group) is 1. The summed E-state index contributed by atoms with van der Waals surface area (Å²) in [6.07, 6.45) is -0.210. The van der Waals surface area contributed by atoms with Crippen molar-refractivity contribution in [3.8, 4) is 11.5 Å². The van der Waals surface area contributed by atoms with E-state index in [9.17, 15) is 4.79 Å². The highest BCUT2D eigenvalue weighted by molar-refractivity contribution is 7.99. The number of fused-ring (bicyclic) bond motifs is 1. The van der Waals surface area contributed by atoms with Crippen LogP contribution in [0.5, 0.6) is 11.5 Å². The summed E-state index contributed by atoms with van der Waals surface area (Å²) in [5, 5.41) is 9.64. The number of benzene rings is 2. The third kappa shape index (κ3) is 5.71. The lowest BCUT2D eigenvalue weighted by Crippen LogP contribution is -2.42. The first-order valence-electron chi connectivity index (χ1n) is 11.7. The number of hydrogen-bond donors (Lipinski definition) is 0. The van der Waals surface area contributed by atoms with Crippen LogP contribution in [-0.4, -0.2) is 83.9 Å². The highest BCUT2D eigenvalue weighted by Gasteiger charge is 2.25. The number of rotatable bonds is 8. The van der Waals surface area contributed by atoms with Crippen molar-refractivity contribution >= 4 is 23.6 Å². The van der Waals surface area contributed by atoms with E-state index in [1.54, 1.807) is 11.9 Å². The molecule has 1 saturated heterocycles. The minimum Gasteiger partial charge on any atom is -0.486 e. The van der Waals surface area contributed by atoms with Crippen LogP contribution < -0.4 is 14.4 Å². The number of para-hydroxylation sites is 2. The first kappa shape index (κ1) is 23.5. The fourth-order valence-electron chi connectivity index (χ4n) is 4.09. The van der Waals surface area contributed by atoms with Gasteiger partial charge in [-0.3, -0.25) is 9.36 Å². The summed E-state index contributed by atoms with van der Waals surface area (Å²) >= 11 is 1.41. The number of amides is 1. The molecule has 1 atom stereocenters. The molecule has 0 spiro atoms. The second-order valence-electron chi connectivity index (χ2n) is 8.51. The highest BCUT2D eigenvalue weighted by Crippen LogP contribution is 2.31. The molecule has 3 heterocycles. The summed E-state index contributed by atoms with van der Waals surface area (Å²) in [5.74, 6) is 2.52. The van der Waals surface area contributed by atoms with Crippen LogP contribution in [0.25, 0.3) is 0 Å². The Balaban J connectivity index is 1.23. The van der Waals surface area contributed by atoms with Crippen LogP contribution in [0.1, 0.15) is 5.56 Å². The topological polar surface area (TPSA) is 82.0 Å². The Morgan fingerprint density at radius 3 is 2.60 bits per heavy atom. The third-order valence-corrected chi connectivity index (χ3v) is 6.92. The molecule has 0 N–H and O–H groups in total. The minimum absolute atomic E-state index is 0.000331. The highest BCUT2D eigenvalue weighted by atomic mass is 32.2. The van der Waals surface area contributed by atoms with Crippen LogP contribution in [0.3, 0.4) is 0 Å². The van der Waals surface area contributed by atoms with E-state index in [1.165, 1.54) is 11.8 Å². The van der Waals surface area contributed by atoms with E-state index < -0.39 is 0 Å². The van der Waals surface area contributed by atoms with Gasteiger partial charge < -0.3 is 24.0 Å². The Hall–Kier alpha value is -3.24. The van der Waals surface area contributed by atoms with Gasteiger partial charge >= 0.3 is 0 Å². The summed E-state index contributed by atoms with van der Waals surface area (Å²) < 4.78 is 19.4. The zero-order valence-electron chi connectivity index (χ0n) is 19.7. The molecule has 1 unspecified atom stereocenters. The Kier molecular flexibility index (Phi) is 7.39. The summed E-state index contributed by atoms with van der Waals surface area (Å²) in [4.78, 5) is 16.8. The Morgan fingerprint density at radius 1 is 1.06 bits per heavy atom. The quantitative estimate of drug-likeness (QED) is 0.441. The molecular formula is C25H29N5O4S. The van der Waals surface area contributed by atoms with Gasteiger partial charge in [-0.15, -0.1) is 10.2 Å². The molecule has 10 heteroatoms. The van der Waals surface area contributed by atoms with Crippen LogP contribution >= 0.6 is 11.8 Å². The van der Waals surface area contributed by atoms with Crippen molar-refractivity contribution in [2.45, 2.75) is 17.8 Å². The van der Waals surface area contributed by atoms with E-state index in [1.807, 2.05) is 42.5 Å². The van der Waals surface area contributed by atoms with Gasteiger partial charge in [-0.2, -0.15) is 0 Å². The zero-order valence-corrected chi connectivity index (χ0v) is 20.5. The molecule has 0 bridgehead atoms. The average Bonchev–Trinajstić information content (AvgIpc) is 3.30. The number of morpholine rings is 1. The number of aromatic nitrogens is 3. The summed E-state index contributed by atoms with van der Waals surface area (Å²) in [5.41, 5.74) is 1.15. The third-order valence-electron chi connectivity index (χ3n) is 5.97. The van der Waals surface area contributed by atoms with Crippen molar-refractivity contribution in [1.82, 2.24) is 19.7 Å². The number of carbonyl (C=O) groups excluding carboxylic acids is 1. The van der Waals surface area contributed by atoms with Gasteiger partial charge in [0.1, 0.15) is 6.61 Å². The number of ether oxygens (including phenoxy) is 3. The summed E-state index contributed by atoms with van der Waals surface area (Å²) in [6, 6.07) is 17.8. The molecule has 1 fully saturated rings. The lowest BCUT2D eigenvalue weighted by atomic mass is 10.2. The van der Waals surface area contributed by atoms with Gasteiger partial charge in [0.2, 0.25) is 11.9 Å². The lowest BCUT2D eigenvalue weighted by Gasteiger charge is -2.29. The maximum Gasteiger partial charge on any atom is 0.232 e. The van der Waals surface area contributed by atoms with Crippen LogP contribution in [0, 0.1) is 0 Å². The van der Waals surface area contributed by atoms with E-state index in [4.69, 9.17) is 14.2 Å². The molecule has 1 amide bonds. The van der Waals surface area contributed by atoms with E-state index in [2.05, 4.69) is 31.8 Å². The van der Waals surface area contributed by atoms with Crippen LogP contribution in [0.15, 0.2) is 59.8 Å². The molecular weight excluding hydrogens is 466 g/mol. The first-order chi connectivity index (χ1) is 17.2. The molecule has 0 aliphatic carbocycles. The van der Waals surface area contributed by atoms with Crippen molar-refractivity contribution in [1.29, 1.82) is 0 Å². The fraction of sp³-hybridized carbons (Fsp3) is 0.400. The van der Waals surface area contributed by atoms with E-state index in [0.717, 1.165) is 35.5 Å². The molecule has 1 aromatic heterocycles. The molecule has 2 aliphatic heterocycles. The largest absolute Gasteiger partial charge is 0.486 e. The second-order valence-corrected chi connectivity index (χ2v) is 9.46. The van der Waals surface area contributed by atoms with Crippen molar-refractivity contribution in [2.24, 2.45) is 0 Å². The van der Waals surface area contributed by atoms with Gasteiger partial charge in [0.25, 0.3) is 0 Å². The normalized spacial score (nSPS) is 17.3. The van der Waals surface area contributed by atoms with Crippen molar-refractivity contribution < 1.29 is 19.0 Å². The smallest absolute Gasteiger partial charge is 0.232 e. The molecule has 0 saturated carbocycles. The Labute approximate surface area is 209 Å².